The van der Waals surface area contributed by atoms with E-state index in [0.29, 0.717) is 11.0 Å². The van der Waals surface area contributed by atoms with Gasteiger partial charge in [0.25, 0.3) is 0 Å². The number of aromatic amines is 1. The number of thioether (sulfide) groups is 1. The fourth-order valence-electron chi connectivity index (χ4n) is 1.31. The van der Waals surface area contributed by atoms with Crippen LogP contribution in [0.15, 0.2) is 23.4 Å². The number of aliphatic carboxylic acids is 1. The first-order valence-corrected chi connectivity index (χ1v) is 5.47. The summed E-state index contributed by atoms with van der Waals surface area (Å²) in [5, 5.41) is 4.31. The number of nitrogens with one attached hydrogen (secondary N) is 1. The molecule has 0 saturated carbocycles. The van der Waals surface area contributed by atoms with Crippen LogP contribution in [-0.4, -0.2) is 26.3 Å². The smallest absolute Gasteiger partial charge is 0.395 e. The van der Waals surface area contributed by atoms with Gasteiger partial charge in [-0.3, -0.25) is 0 Å². The first-order valence-electron chi connectivity index (χ1n) is 4.65. The molecule has 17 heavy (non-hydrogen) atoms. The van der Waals surface area contributed by atoms with Gasteiger partial charge in [-0.2, -0.15) is 8.78 Å². The molecule has 2 aromatic rings. The van der Waals surface area contributed by atoms with E-state index in [1.807, 2.05) is 6.92 Å². The van der Waals surface area contributed by atoms with Crippen molar-refractivity contribution in [2.75, 3.05) is 0 Å². The average molecular weight is 258 g/mol. The van der Waals surface area contributed by atoms with E-state index < -0.39 is 11.2 Å². The van der Waals surface area contributed by atoms with E-state index in [9.17, 15) is 13.6 Å². The minimum Gasteiger partial charge on any atom is -0.476 e. The molecule has 0 bridgehead atoms. The van der Waals surface area contributed by atoms with Crippen LogP contribution in [0.25, 0.3) is 11.0 Å². The molecular formula is C10H8F2N2O2S. The van der Waals surface area contributed by atoms with Crippen molar-refractivity contribution in [1.29, 1.82) is 0 Å². The molecule has 0 spiro atoms. The Hall–Kier alpha value is -1.63. The maximum Gasteiger partial charge on any atom is 0.395 e. The predicted octanol–water partition coefficient (Wildman–Crippen LogP) is 2.64. The molecule has 7 heteroatoms. The number of alkyl halides is 2. The van der Waals surface area contributed by atoms with Crippen LogP contribution in [0.4, 0.5) is 8.78 Å². The van der Waals surface area contributed by atoms with Gasteiger partial charge in [-0.1, -0.05) is 6.07 Å². The molecule has 1 aromatic carbocycles. The highest BCUT2D eigenvalue weighted by Gasteiger charge is 2.41. The molecule has 0 fully saturated rings. The number of nitrogens with zero attached hydrogens (tertiary/aromatic N) is 1. The largest absolute Gasteiger partial charge is 0.476 e. The number of carboxylic acid groups (broad SMARTS) is 1. The molecule has 0 amide bonds. The van der Waals surface area contributed by atoms with E-state index in [1.54, 1.807) is 18.2 Å². The Morgan fingerprint density at radius 1 is 1.53 bits per heavy atom. The van der Waals surface area contributed by atoms with Crippen LogP contribution in [0, 0.1) is 6.92 Å². The summed E-state index contributed by atoms with van der Waals surface area (Å²) in [6, 6.07) is 5.24. The fraction of sp³-hybridized carbons (Fsp3) is 0.200. The quantitative estimate of drug-likeness (QED) is 0.830. The third-order valence-corrected chi connectivity index (χ3v) is 2.91. The van der Waals surface area contributed by atoms with Gasteiger partial charge in [0.05, 0.1) is 11.0 Å². The topological polar surface area (TPSA) is 66.0 Å². The number of hydrogen-bond acceptors (Lipinski definition) is 3. The summed E-state index contributed by atoms with van der Waals surface area (Å²) in [7, 11) is 0. The second kappa shape index (κ2) is 3.99. The SMILES string of the molecule is Cc1ccc2nc(SC(F)(F)C(=O)O)[nH]c2c1. The van der Waals surface area contributed by atoms with E-state index in [-0.39, 0.29) is 16.9 Å². The van der Waals surface area contributed by atoms with Gasteiger partial charge in [-0.05, 0) is 36.4 Å². The third-order valence-electron chi connectivity index (χ3n) is 2.09. The van der Waals surface area contributed by atoms with Gasteiger partial charge in [0.15, 0.2) is 5.16 Å². The Morgan fingerprint density at radius 3 is 2.88 bits per heavy atom. The Kier molecular flexibility index (Phi) is 2.78. The molecule has 0 saturated heterocycles. The highest BCUT2D eigenvalue weighted by Crippen LogP contribution is 2.35. The summed E-state index contributed by atoms with van der Waals surface area (Å²) >= 11 is -0.114. The standard InChI is InChI=1S/C10H8F2N2O2S/c1-5-2-3-6-7(4-5)14-9(13-6)17-10(11,12)8(15)16/h2-4H,1H3,(H,13,14)(H,15,16). The lowest BCUT2D eigenvalue weighted by atomic mass is 10.2. The summed E-state index contributed by atoms with van der Waals surface area (Å²) in [6.45, 7) is 1.86. The van der Waals surface area contributed by atoms with E-state index in [1.165, 1.54) is 0 Å². The summed E-state index contributed by atoms with van der Waals surface area (Å²) in [5.74, 6) is -2.18. The number of aryl methyl sites for hydroxylation is 1. The number of halogens is 2. The Morgan fingerprint density at radius 2 is 2.24 bits per heavy atom. The normalized spacial score (nSPS) is 11.9. The summed E-state index contributed by atoms with van der Waals surface area (Å²) in [6.07, 6.45) is 0. The van der Waals surface area contributed by atoms with Crippen LogP contribution < -0.4 is 0 Å². The molecule has 90 valence electrons. The number of imidazole rings is 1. The van der Waals surface area contributed by atoms with Gasteiger partial charge in [0.2, 0.25) is 0 Å². The maximum absolute atomic E-state index is 12.9. The summed E-state index contributed by atoms with van der Waals surface area (Å²) < 4.78 is 25.9. The first kappa shape index (κ1) is 11.8. The molecule has 2 rings (SSSR count). The number of benzene rings is 1. The number of rotatable bonds is 3. The zero-order chi connectivity index (χ0) is 12.6. The Labute approximate surface area is 99.0 Å². The van der Waals surface area contributed by atoms with Gasteiger partial charge in [0.1, 0.15) is 0 Å². The number of carbonyl (C=O) groups is 1. The van der Waals surface area contributed by atoms with Gasteiger partial charge >= 0.3 is 11.2 Å². The molecule has 4 nitrogen and oxygen atoms in total. The summed E-state index contributed by atoms with van der Waals surface area (Å²) in [4.78, 5) is 16.8. The van der Waals surface area contributed by atoms with Crippen LogP contribution in [0.1, 0.15) is 5.56 Å². The van der Waals surface area contributed by atoms with E-state index in [2.05, 4.69) is 9.97 Å². The lowest BCUT2D eigenvalue weighted by Gasteiger charge is -2.06. The average Bonchev–Trinajstić information content (AvgIpc) is 2.57. The van der Waals surface area contributed by atoms with Gasteiger partial charge in [-0.25, -0.2) is 9.78 Å². The molecule has 1 heterocycles. The minimum absolute atomic E-state index is 0.113. The van der Waals surface area contributed by atoms with Crippen LogP contribution in [0.2, 0.25) is 0 Å². The highest BCUT2D eigenvalue weighted by atomic mass is 32.2. The van der Waals surface area contributed by atoms with Gasteiger partial charge in [0, 0.05) is 0 Å². The van der Waals surface area contributed by atoms with E-state index in [0.717, 1.165) is 5.56 Å². The van der Waals surface area contributed by atoms with Crippen molar-refractivity contribution in [1.82, 2.24) is 9.97 Å². The van der Waals surface area contributed by atoms with Gasteiger partial charge in [-0.15, -0.1) is 0 Å². The second-order valence-corrected chi connectivity index (χ2v) is 4.59. The summed E-state index contributed by atoms with van der Waals surface area (Å²) in [5.41, 5.74) is 2.09. The monoisotopic (exact) mass is 258 g/mol. The maximum atomic E-state index is 12.9. The highest BCUT2D eigenvalue weighted by molar-refractivity contribution is 8.00. The van der Waals surface area contributed by atoms with Crippen molar-refractivity contribution in [2.45, 2.75) is 17.3 Å². The molecular weight excluding hydrogens is 250 g/mol. The van der Waals surface area contributed by atoms with Gasteiger partial charge < -0.3 is 10.1 Å². The zero-order valence-electron chi connectivity index (χ0n) is 8.70. The number of fused-ring (bicyclic) bond motifs is 1. The van der Waals surface area contributed by atoms with E-state index >= 15 is 0 Å². The van der Waals surface area contributed by atoms with Crippen molar-refractivity contribution in [2.24, 2.45) is 0 Å². The van der Waals surface area contributed by atoms with Crippen molar-refractivity contribution in [3.8, 4) is 0 Å². The zero-order valence-corrected chi connectivity index (χ0v) is 9.52. The lowest BCUT2D eigenvalue weighted by Crippen LogP contribution is -2.23. The molecule has 2 N–H and O–H groups in total. The lowest BCUT2D eigenvalue weighted by molar-refractivity contribution is -0.152. The number of hydrogen-bond donors (Lipinski definition) is 2. The van der Waals surface area contributed by atoms with Crippen molar-refractivity contribution < 1.29 is 18.7 Å². The Balaban J connectivity index is 2.34. The van der Waals surface area contributed by atoms with Crippen molar-refractivity contribution in [3.05, 3.63) is 23.8 Å². The second-order valence-electron chi connectivity index (χ2n) is 3.49. The molecule has 0 atom stereocenters. The fourth-order valence-corrected chi connectivity index (χ4v) is 1.95. The molecule has 0 aliphatic rings. The Bertz CT molecular complexity index is 583. The van der Waals surface area contributed by atoms with Crippen LogP contribution in [0.3, 0.4) is 0 Å². The third kappa shape index (κ3) is 2.38. The number of carboxylic acids is 1. The molecule has 0 unspecified atom stereocenters. The number of aromatic nitrogens is 2. The van der Waals surface area contributed by atoms with Crippen LogP contribution in [0.5, 0.6) is 0 Å². The van der Waals surface area contributed by atoms with Crippen LogP contribution >= 0.6 is 11.8 Å². The van der Waals surface area contributed by atoms with Crippen molar-refractivity contribution in [3.63, 3.8) is 0 Å². The number of H-pyrrole nitrogens is 1. The van der Waals surface area contributed by atoms with Crippen LogP contribution in [-0.2, 0) is 4.79 Å². The van der Waals surface area contributed by atoms with E-state index in [4.69, 9.17) is 5.11 Å². The predicted molar refractivity (Wildman–Crippen MR) is 59.3 cm³/mol. The minimum atomic E-state index is -3.89. The molecule has 0 aliphatic carbocycles. The van der Waals surface area contributed by atoms with Crippen molar-refractivity contribution >= 4 is 28.8 Å². The molecule has 0 radical (unpaired) electrons. The first-order chi connectivity index (χ1) is 7.88. The molecule has 1 aromatic heterocycles. The molecule has 0 aliphatic heterocycles.